The van der Waals surface area contributed by atoms with Crippen molar-refractivity contribution in [3.8, 4) is 5.75 Å². The molecule has 1 aromatic carbocycles. The molecule has 1 amide bonds. The second kappa shape index (κ2) is 2.92. The highest BCUT2D eigenvalue weighted by Crippen LogP contribution is 2.31. The third-order valence-electron chi connectivity index (χ3n) is 2.09. The lowest BCUT2D eigenvalue weighted by Crippen LogP contribution is -2.13. The summed E-state index contributed by atoms with van der Waals surface area (Å²) in [6.45, 7) is 0.490. The molecule has 0 saturated heterocycles. The van der Waals surface area contributed by atoms with Gasteiger partial charge in [-0.15, -0.1) is 0 Å². The van der Waals surface area contributed by atoms with E-state index in [0.29, 0.717) is 22.9 Å². The van der Waals surface area contributed by atoms with Gasteiger partial charge in [0.15, 0.2) is 0 Å². The molecule has 3 nitrogen and oxygen atoms in total. The van der Waals surface area contributed by atoms with Crippen molar-refractivity contribution in [3.63, 3.8) is 0 Å². The molecule has 0 unspecified atom stereocenters. The van der Waals surface area contributed by atoms with Crippen LogP contribution in [0.4, 0.5) is 0 Å². The van der Waals surface area contributed by atoms with Crippen LogP contribution in [-0.4, -0.2) is 13.0 Å². The lowest BCUT2D eigenvalue weighted by Gasteiger charge is -2.05. The van der Waals surface area contributed by atoms with Crippen molar-refractivity contribution in [3.05, 3.63) is 28.3 Å². The van der Waals surface area contributed by atoms with E-state index in [-0.39, 0.29) is 5.91 Å². The number of ether oxygens (including phenoxy) is 1. The molecule has 1 heterocycles. The first-order chi connectivity index (χ1) is 6.24. The molecular weight excluding hydrogens is 190 g/mol. The number of hydrogen-bond donors (Lipinski definition) is 1. The number of amides is 1. The van der Waals surface area contributed by atoms with E-state index >= 15 is 0 Å². The molecule has 0 aromatic heterocycles. The number of hydrogen-bond acceptors (Lipinski definition) is 2. The summed E-state index contributed by atoms with van der Waals surface area (Å²) in [5.41, 5.74) is 1.39. The molecule has 13 heavy (non-hydrogen) atoms. The summed E-state index contributed by atoms with van der Waals surface area (Å²) in [6, 6.07) is 3.44. The molecule has 4 heteroatoms. The average Bonchev–Trinajstić information content (AvgIpc) is 2.51. The minimum Gasteiger partial charge on any atom is -0.496 e. The van der Waals surface area contributed by atoms with Gasteiger partial charge in [-0.3, -0.25) is 4.79 Å². The van der Waals surface area contributed by atoms with Crippen LogP contribution in [0.2, 0.25) is 5.02 Å². The first kappa shape index (κ1) is 8.38. The van der Waals surface area contributed by atoms with Gasteiger partial charge in [0.05, 0.1) is 12.7 Å². The van der Waals surface area contributed by atoms with Crippen LogP contribution in [0, 0.1) is 0 Å². The van der Waals surface area contributed by atoms with Gasteiger partial charge in [-0.2, -0.15) is 0 Å². The van der Waals surface area contributed by atoms with Crippen molar-refractivity contribution in [1.82, 2.24) is 5.32 Å². The van der Waals surface area contributed by atoms with Gasteiger partial charge in [0.1, 0.15) is 5.75 Å². The highest BCUT2D eigenvalue weighted by Gasteiger charge is 2.25. The smallest absolute Gasteiger partial charge is 0.255 e. The van der Waals surface area contributed by atoms with E-state index in [1.807, 2.05) is 0 Å². The molecule has 0 bridgehead atoms. The van der Waals surface area contributed by atoms with Gasteiger partial charge in [0.2, 0.25) is 0 Å². The van der Waals surface area contributed by atoms with Crippen molar-refractivity contribution in [2.24, 2.45) is 0 Å². The van der Waals surface area contributed by atoms with Crippen molar-refractivity contribution in [2.75, 3.05) is 7.11 Å². The first-order valence-electron chi connectivity index (χ1n) is 3.87. The van der Waals surface area contributed by atoms with Gasteiger partial charge in [-0.05, 0) is 12.1 Å². The predicted octanol–water partition coefficient (Wildman–Crippen LogP) is 1.59. The number of halogens is 1. The minimum atomic E-state index is -0.116. The van der Waals surface area contributed by atoms with Crippen LogP contribution in [0.15, 0.2) is 12.1 Å². The summed E-state index contributed by atoms with van der Waals surface area (Å²) in [7, 11) is 1.54. The van der Waals surface area contributed by atoms with Crippen molar-refractivity contribution in [1.29, 1.82) is 0 Å². The zero-order valence-electron chi connectivity index (χ0n) is 7.06. The Morgan fingerprint density at radius 2 is 2.31 bits per heavy atom. The Morgan fingerprint density at radius 1 is 1.54 bits per heavy atom. The summed E-state index contributed by atoms with van der Waals surface area (Å²) in [5.74, 6) is 0.462. The third-order valence-corrected chi connectivity index (χ3v) is 2.44. The van der Waals surface area contributed by atoms with Gasteiger partial charge in [0, 0.05) is 17.1 Å². The zero-order valence-corrected chi connectivity index (χ0v) is 7.81. The number of fused-ring (bicyclic) bond motifs is 1. The molecule has 2 rings (SSSR count). The Bertz CT molecular complexity index is 376. The summed E-state index contributed by atoms with van der Waals surface area (Å²) in [4.78, 5) is 11.3. The van der Waals surface area contributed by atoms with Gasteiger partial charge >= 0.3 is 0 Å². The minimum absolute atomic E-state index is 0.116. The lowest BCUT2D eigenvalue weighted by molar-refractivity contribution is 0.0963. The van der Waals surface area contributed by atoms with Gasteiger partial charge in [-0.25, -0.2) is 0 Å². The van der Waals surface area contributed by atoms with Crippen LogP contribution in [0.5, 0.6) is 5.75 Å². The Hall–Kier alpha value is -1.22. The molecule has 0 saturated carbocycles. The predicted molar refractivity (Wildman–Crippen MR) is 49.2 cm³/mol. The van der Waals surface area contributed by atoms with Crippen LogP contribution in [0.25, 0.3) is 0 Å². The van der Waals surface area contributed by atoms with Crippen LogP contribution in [-0.2, 0) is 6.54 Å². The zero-order chi connectivity index (χ0) is 9.42. The van der Waals surface area contributed by atoms with E-state index < -0.39 is 0 Å². The highest BCUT2D eigenvalue weighted by atomic mass is 35.5. The third kappa shape index (κ3) is 1.16. The fourth-order valence-corrected chi connectivity index (χ4v) is 1.67. The molecule has 0 fully saturated rings. The summed E-state index contributed by atoms with van der Waals surface area (Å²) in [5, 5.41) is 3.30. The molecular formula is C9H8ClNO2. The molecule has 0 atom stereocenters. The first-order valence-corrected chi connectivity index (χ1v) is 4.25. The van der Waals surface area contributed by atoms with Gasteiger partial charge in [0.25, 0.3) is 5.91 Å². The Labute approximate surface area is 80.6 Å². The number of nitrogens with one attached hydrogen (secondary N) is 1. The molecule has 1 aliphatic heterocycles. The van der Waals surface area contributed by atoms with E-state index in [4.69, 9.17) is 16.3 Å². The monoisotopic (exact) mass is 197 g/mol. The van der Waals surface area contributed by atoms with Crippen LogP contribution < -0.4 is 10.1 Å². The SMILES string of the molecule is COc1ccc(Cl)c2c1C(=O)NC2. The van der Waals surface area contributed by atoms with E-state index in [1.54, 1.807) is 12.1 Å². The van der Waals surface area contributed by atoms with E-state index in [0.717, 1.165) is 5.56 Å². The molecule has 68 valence electrons. The molecule has 1 N–H and O–H groups in total. The maximum Gasteiger partial charge on any atom is 0.255 e. The Morgan fingerprint density at radius 3 is 3.00 bits per heavy atom. The molecule has 0 radical (unpaired) electrons. The molecule has 0 aliphatic carbocycles. The quantitative estimate of drug-likeness (QED) is 0.743. The second-order valence-corrected chi connectivity index (χ2v) is 3.19. The summed E-state index contributed by atoms with van der Waals surface area (Å²) in [6.07, 6.45) is 0. The molecule has 0 spiro atoms. The average molecular weight is 198 g/mol. The number of carbonyl (C=O) groups is 1. The van der Waals surface area contributed by atoms with Crippen molar-refractivity contribution < 1.29 is 9.53 Å². The summed E-state index contributed by atoms with van der Waals surface area (Å²) >= 11 is 5.92. The number of carbonyl (C=O) groups excluding carboxylic acids is 1. The number of benzene rings is 1. The van der Waals surface area contributed by atoms with Crippen LogP contribution in [0.3, 0.4) is 0 Å². The second-order valence-electron chi connectivity index (χ2n) is 2.79. The fraction of sp³-hybridized carbons (Fsp3) is 0.222. The van der Waals surface area contributed by atoms with Crippen LogP contribution >= 0.6 is 11.6 Å². The van der Waals surface area contributed by atoms with E-state index in [2.05, 4.69) is 5.32 Å². The van der Waals surface area contributed by atoms with Crippen LogP contribution in [0.1, 0.15) is 15.9 Å². The Balaban J connectivity index is 2.66. The Kier molecular flexibility index (Phi) is 1.88. The van der Waals surface area contributed by atoms with Crippen molar-refractivity contribution in [2.45, 2.75) is 6.54 Å². The van der Waals surface area contributed by atoms with Gasteiger partial charge in [-0.1, -0.05) is 11.6 Å². The fourth-order valence-electron chi connectivity index (χ4n) is 1.45. The lowest BCUT2D eigenvalue weighted by atomic mass is 10.1. The van der Waals surface area contributed by atoms with Gasteiger partial charge < -0.3 is 10.1 Å². The molecule has 1 aliphatic rings. The normalized spacial score (nSPS) is 13.8. The number of rotatable bonds is 1. The maximum absolute atomic E-state index is 11.3. The topological polar surface area (TPSA) is 38.3 Å². The largest absolute Gasteiger partial charge is 0.496 e. The van der Waals surface area contributed by atoms with E-state index in [9.17, 15) is 4.79 Å². The highest BCUT2D eigenvalue weighted by molar-refractivity contribution is 6.32. The summed E-state index contributed by atoms with van der Waals surface area (Å²) < 4.78 is 5.06. The van der Waals surface area contributed by atoms with Crippen molar-refractivity contribution >= 4 is 17.5 Å². The standard InChI is InChI=1S/C9H8ClNO2/c1-13-7-3-2-6(10)5-4-11-9(12)8(5)7/h2-3H,4H2,1H3,(H,11,12). The number of methoxy groups -OCH3 is 1. The maximum atomic E-state index is 11.3. The van der Waals surface area contributed by atoms with E-state index in [1.165, 1.54) is 7.11 Å². The molecule has 1 aromatic rings.